The molecule has 1 atom stereocenters. The maximum Gasteiger partial charge on any atom is 0.158 e. The maximum absolute atomic E-state index is 5.36. The van der Waals surface area contributed by atoms with Crippen molar-refractivity contribution in [2.45, 2.75) is 12.5 Å². The highest BCUT2D eigenvalue weighted by atomic mass is 16.5. The number of anilines is 1. The van der Waals surface area contributed by atoms with Gasteiger partial charge in [0.05, 0.1) is 17.8 Å². The molecule has 1 aliphatic rings. The van der Waals surface area contributed by atoms with Crippen molar-refractivity contribution in [3.63, 3.8) is 0 Å². The first kappa shape index (κ1) is 9.59. The molecule has 3 rings (SSSR count). The molecule has 0 spiro atoms. The minimum atomic E-state index is 0.327. The van der Waals surface area contributed by atoms with Crippen LogP contribution >= 0.6 is 0 Å². The van der Waals surface area contributed by atoms with Crippen LogP contribution in [0, 0.1) is 0 Å². The first-order chi connectivity index (χ1) is 7.88. The molecule has 3 heterocycles. The molecule has 0 aliphatic carbocycles. The number of rotatable bonds is 2. The van der Waals surface area contributed by atoms with Crippen molar-refractivity contribution in [2.75, 3.05) is 25.1 Å². The van der Waals surface area contributed by atoms with Gasteiger partial charge in [0.25, 0.3) is 0 Å². The van der Waals surface area contributed by atoms with Gasteiger partial charge >= 0.3 is 0 Å². The second kappa shape index (κ2) is 3.75. The van der Waals surface area contributed by atoms with Gasteiger partial charge < -0.3 is 9.64 Å². The minimum absolute atomic E-state index is 0.327. The highest BCUT2D eigenvalue weighted by molar-refractivity contribution is 5.89. The van der Waals surface area contributed by atoms with Crippen molar-refractivity contribution in [1.82, 2.24) is 15.2 Å². The van der Waals surface area contributed by atoms with E-state index in [9.17, 15) is 0 Å². The number of aromatic amines is 1. The van der Waals surface area contributed by atoms with Crippen LogP contribution in [0.15, 0.2) is 18.5 Å². The fraction of sp³-hybridized carbons (Fsp3) is 0.455. The summed E-state index contributed by atoms with van der Waals surface area (Å²) >= 11 is 0. The lowest BCUT2D eigenvalue weighted by Crippen LogP contribution is -2.22. The summed E-state index contributed by atoms with van der Waals surface area (Å²) in [6, 6.07) is 1.99. The molecule has 1 saturated heterocycles. The van der Waals surface area contributed by atoms with E-state index in [0.29, 0.717) is 6.10 Å². The molecule has 5 nitrogen and oxygen atoms in total. The molecule has 0 saturated carbocycles. The Morgan fingerprint density at radius 1 is 1.56 bits per heavy atom. The third-order valence-corrected chi connectivity index (χ3v) is 3.12. The van der Waals surface area contributed by atoms with Gasteiger partial charge in [-0.15, -0.1) is 0 Å². The monoisotopic (exact) mass is 218 g/mol. The highest BCUT2D eigenvalue weighted by Crippen LogP contribution is 2.26. The smallest absolute Gasteiger partial charge is 0.158 e. The van der Waals surface area contributed by atoms with Crippen LogP contribution in [-0.4, -0.2) is 41.5 Å². The molecule has 1 N–H and O–H groups in total. The molecule has 1 fully saturated rings. The summed E-state index contributed by atoms with van der Waals surface area (Å²) in [5.41, 5.74) is 0.985. The Labute approximate surface area is 93.4 Å². The molecular weight excluding hydrogens is 204 g/mol. The fourth-order valence-electron chi connectivity index (χ4n) is 2.21. The van der Waals surface area contributed by atoms with Crippen LogP contribution in [0.4, 0.5) is 5.82 Å². The highest BCUT2D eigenvalue weighted by Gasteiger charge is 2.24. The van der Waals surface area contributed by atoms with Crippen LogP contribution in [0.3, 0.4) is 0 Å². The standard InChI is InChI=1S/C11H14N4O/c1-16-8-3-5-15(7-8)11-9-2-4-12-6-10(9)13-14-11/h2,4,6,8H,3,5,7H2,1H3,(H,13,14)/t8-/m1/s1. The number of hydrogen-bond acceptors (Lipinski definition) is 4. The van der Waals surface area contributed by atoms with Gasteiger partial charge in [0, 0.05) is 31.8 Å². The Bertz CT molecular complexity index is 495. The zero-order valence-corrected chi connectivity index (χ0v) is 9.18. The van der Waals surface area contributed by atoms with Gasteiger partial charge in [-0.05, 0) is 12.5 Å². The minimum Gasteiger partial charge on any atom is -0.380 e. The number of H-pyrrole nitrogens is 1. The van der Waals surface area contributed by atoms with E-state index in [2.05, 4.69) is 20.1 Å². The van der Waals surface area contributed by atoms with Crippen molar-refractivity contribution in [3.05, 3.63) is 18.5 Å². The van der Waals surface area contributed by atoms with E-state index >= 15 is 0 Å². The Morgan fingerprint density at radius 3 is 3.31 bits per heavy atom. The number of ether oxygens (including phenoxy) is 1. The summed E-state index contributed by atoms with van der Waals surface area (Å²) in [7, 11) is 1.76. The average Bonchev–Trinajstić information content (AvgIpc) is 2.94. The Balaban J connectivity index is 1.95. The van der Waals surface area contributed by atoms with Gasteiger partial charge in [0.15, 0.2) is 5.82 Å². The van der Waals surface area contributed by atoms with Crippen molar-refractivity contribution in [2.24, 2.45) is 0 Å². The number of hydrogen-bond donors (Lipinski definition) is 1. The van der Waals surface area contributed by atoms with Crippen LogP contribution in [0.25, 0.3) is 10.9 Å². The first-order valence-corrected chi connectivity index (χ1v) is 5.44. The van der Waals surface area contributed by atoms with Gasteiger partial charge in [0.2, 0.25) is 0 Å². The van der Waals surface area contributed by atoms with Crippen LogP contribution < -0.4 is 4.90 Å². The molecule has 0 bridgehead atoms. The van der Waals surface area contributed by atoms with E-state index < -0.39 is 0 Å². The average molecular weight is 218 g/mol. The normalized spacial score (nSPS) is 20.8. The number of fused-ring (bicyclic) bond motifs is 1. The Hall–Kier alpha value is -1.62. The van der Waals surface area contributed by atoms with Gasteiger partial charge in [0.1, 0.15) is 0 Å². The van der Waals surface area contributed by atoms with Crippen LogP contribution in [0.1, 0.15) is 6.42 Å². The quantitative estimate of drug-likeness (QED) is 0.822. The zero-order valence-electron chi connectivity index (χ0n) is 9.18. The SMILES string of the molecule is CO[C@@H]1CCN(c2n[nH]c3cnccc23)C1. The second-order valence-electron chi connectivity index (χ2n) is 4.06. The summed E-state index contributed by atoms with van der Waals surface area (Å²) in [6.07, 6.45) is 4.99. The molecule has 0 radical (unpaired) electrons. The molecule has 0 amide bonds. The summed E-state index contributed by atoms with van der Waals surface area (Å²) in [5, 5.41) is 8.49. The first-order valence-electron chi connectivity index (χ1n) is 5.44. The zero-order chi connectivity index (χ0) is 11.0. The van der Waals surface area contributed by atoms with E-state index in [1.54, 1.807) is 19.5 Å². The van der Waals surface area contributed by atoms with Gasteiger partial charge in [-0.3, -0.25) is 10.1 Å². The van der Waals surface area contributed by atoms with Crippen molar-refractivity contribution in [3.8, 4) is 0 Å². The Kier molecular flexibility index (Phi) is 2.25. The third-order valence-electron chi connectivity index (χ3n) is 3.12. The lowest BCUT2D eigenvalue weighted by atomic mass is 10.3. The number of pyridine rings is 1. The van der Waals surface area contributed by atoms with Crippen molar-refractivity contribution in [1.29, 1.82) is 0 Å². The topological polar surface area (TPSA) is 54.0 Å². The summed E-state index contributed by atoms with van der Waals surface area (Å²) in [4.78, 5) is 6.33. The predicted molar refractivity (Wildman–Crippen MR) is 61.5 cm³/mol. The largest absolute Gasteiger partial charge is 0.380 e. The van der Waals surface area contributed by atoms with E-state index in [1.165, 1.54) is 0 Å². The second-order valence-corrected chi connectivity index (χ2v) is 4.06. The maximum atomic E-state index is 5.36. The van der Waals surface area contributed by atoms with E-state index in [0.717, 1.165) is 36.2 Å². The van der Waals surface area contributed by atoms with Crippen LogP contribution in [-0.2, 0) is 4.74 Å². The molecule has 16 heavy (non-hydrogen) atoms. The van der Waals surface area contributed by atoms with Crippen LogP contribution in [0.2, 0.25) is 0 Å². The van der Waals surface area contributed by atoms with Gasteiger partial charge in [-0.2, -0.15) is 5.10 Å². The van der Waals surface area contributed by atoms with E-state index in [4.69, 9.17) is 4.74 Å². The van der Waals surface area contributed by atoms with Gasteiger partial charge in [-0.1, -0.05) is 0 Å². The number of methoxy groups -OCH3 is 1. The number of nitrogens with one attached hydrogen (secondary N) is 1. The van der Waals surface area contributed by atoms with E-state index in [-0.39, 0.29) is 0 Å². The molecule has 84 valence electrons. The molecule has 0 unspecified atom stereocenters. The lowest BCUT2D eigenvalue weighted by Gasteiger charge is -2.15. The number of nitrogens with zero attached hydrogens (tertiary/aromatic N) is 3. The Morgan fingerprint density at radius 2 is 2.50 bits per heavy atom. The summed E-state index contributed by atoms with van der Waals surface area (Å²) in [5.74, 6) is 1.01. The molecule has 2 aromatic rings. The lowest BCUT2D eigenvalue weighted by molar-refractivity contribution is 0.121. The predicted octanol–water partition coefficient (Wildman–Crippen LogP) is 1.18. The fourth-order valence-corrected chi connectivity index (χ4v) is 2.21. The third kappa shape index (κ3) is 1.44. The molecular formula is C11H14N4O. The molecule has 5 heteroatoms. The summed E-state index contributed by atoms with van der Waals surface area (Å²) < 4.78 is 5.36. The van der Waals surface area contributed by atoms with Crippen molar-refractivity contribution < 1.29 is 4.74 Å². The number of aromatic nitrogens is 3. The van der Waals surface area contributed by atoms with Crippen molar-refractivity contribution >= 4 is 16.7 Å². The van der Waals surface area contributed by atoms with Gasteiger partial charge in [-0.25, -0.2) is 0 Å². The molecule has 2 aromatic heterocycles. The van der Waals surface area contributed by atoms with Crippen LogP contribution in [0.5, 0.6) is 0 Å². The summed E-state index contributed by atoms with van der Waals surface area (Å²) in [6.45, 7) is 1.92. The van der Waals surface area contributed by atoms with E-state index in [1.807, 2.05) is 6.07 Å². The molecule has 0 aromatic carbocycles. The molecule has 1 aliphatic heterocycles.